The lowest BCUT2D eigenvalue weighted by atomic mass is 9.93. The van der Waals surface area contributed by atoms with Crippen molar-refractivity contribution in [2.75, 3.05) is 7.11 Å². The molecule has 0 aliphatic rings. The van der Waals surface area contributed by atoms with E-state index in [-0.39, 0.29) is 5.78 Å². The number of carbonyl (C=O) groups is 1. The van der Waals surface area contributed by atoms with Gasteiger partial charge in [0.05, 0.1) is 12.7 Å². The Morgan fingerprint density at radius 2 is 1.86 bits per heavy atom. The van der Waals surface area contributed by atoms with Crippen molar-refractivity contribution in [3.05, 3.63) is 61.6 Å². The van der Waals surface area contributed by atoms with Gasteiger partial charge >= 0.3 is 0 Å². The van der Waals surface area contributed by atoms with Crippen LogP contribution in [0.15, 0.2) is 28.7 Å². The molecule has 0 fully saturated rings. The van der Waals surface area contributed by atoms with Crippen molar-refractivity contribution in [3.8, 4) is 5.75 Å². The van der Waals surface area contributed by atoms with E-state index in [0.717, 1.165) is 21.2 Å². The minimum atomic E-state index is -0.0752. The van der Waals surface area contributed by atoms with E-state index in [0.29, 0.717) is 21.9 Å². The minimum Gasteiger partial charge on any atom is -0.496 e. The molecule has 0 saturated heterocycles. The maximum absolute atomic E-state index is 13.0. The predicted octanol–water partition coefficient (Wildman–Crippen LogP) is 5.27. The van der Waals surface area contributed by atoms with E-state index >= 15 is 0 Å². The van der Waals surface area contributed by atoms with Crippen LogP contribution < -0.4 is 4.74 Å². The molecule has 2 rings (SSSR count). The summed E-state index contributed by atoms with van der Waals surface area (Å²) in [6.07, 6.45) is 0. The predicted molar refractivity (Wildman–Crippen MR) is 89.8 cm³/mol. The Bertz CT molecular complexity index is 723. The number of hydrogen-bond donors (Lipinski definition) is 0. The van der Waals surface area contributed by atoms with Gasteiger partial charge in [-0.15, -0.1) is 0 Å². The van der Waals surface area contributed by atoms with Crippen LogP contribution in [-0.4, -0.2) is 12.9 Å². The SMILES string of the molecule is COc1c(C)cc(Br)c(C)c1C(=O)c1cccc(Cl)c1C. The van der Waals surface area contributed by atoms with Crippen LogP contribution in [-0.2, 0) is 0 Å². The third kappa shape index (κ3) is 2.85. The Morgan fingerprint density at radius 1 is 1.19 bits per heavy atom. The highest BCUT2D eigenvalue weighted by atomic mass is 79.9. The van der Waals surface area contributed by atoms with Gasteiger partial charge in [-0.05, 0) is 49.6 Å². The van der Waals surface area contributed by atoms with Gasteiger partial charge in [0.15, 0.2) is 5.78 Å². The molecule has 0 saturated carbocycles. The monoisotopic (exact) mass is 366 g/mol. The molecule has 0 heterocycles. The summed E-state index contributed by atoms with van der Waals surface area (Å²) in [7, 11) is 1.58. The van der Waals surface area contributed by atoms with E-state index in [1.807, 2.05) is 26.8 Å². The molecular formula is C17H16BrClO2. The maximum atomic E-state index is 13.0. The third-order valence-corrected chi connectivity index (χ3v) is 4.84. The van der Waals surface area contributed by atoms with Gasteiger partial charge in [0.2, 0.25) is 0 Å². The topological polar surface area (TPSA) is 26.3 Å². The molecule has 4 heteroatoms. The van der Waals surface area contributed by atoms with Crippen LogP contribution in [0.25, 0.3) is 0 Å². The Labute approximate surface area is 138 Å². The van der Waals surface area contributed by atoms with E-state index in [9.17, 15) is 4.79 Å². The molecular weight excluding hydrogens is 352 g/mol. The largest absolute Gasteiger partial charge is 0.496 e. The van der Waals surface area contributed by atoms with Crippen LogP contribution in [0.4, 0.5) is 0 Å². The van der Waals surface area contributed by atoms with Crippen molar-refractivity contribution in [2.45, 2.75) is 20.8 Å². The molecule has 0 atom stereocenters. The molecule has 0 amide bonds. The summed E-state index contributed by atoms with van der Waals surface area (Å²) >= 11 is 9.63. The van der Waals surface area contributed by atoms with Crippen molar-refractivity contribution >= 4 is 33.3 Å². The van der Waals surface area contributed by atoms with E-state index < -0.39 is 0 Å². The Kier molecular flexibility index (Phi) is 4.74. The molecule has 0 N–H and O–H groups in total. The molecule has 0 radical (unpaired) electrons. The van der Waals surface area contributed by atoms with Gasteiger partial charge in [0, 0.05) is 15.1 Å². The fourth-order valence-corrected chi connectivity index (χ4v) is 3.09. The number of aryl methyl sites for hydroxylation is 1. The minimum absolute atomic E-state index is 0.0752. The maximum Gasteiger partial charge on any atom is 0.197 e. The number of carbonyl (C=O) groups excluding carboxylic acids is 1. The normalized spacial score (nSPS) is 10.6. The van der Waals surface area contributed by atoms with Crippen LogP contribution in [0.3, 0.4) is 0 Å². The summed E-state index contributed by atoms with van der Waals surface area (Å²) < 4.78 is 6.34. The molecule has 2 aromatic rings. The molecule has 0 aliphatic heterocycles. The van der Waals surface area contributed by atoms with E-state index in [2.05, 4.69) is 15.9 Å². The van der Waals surface area contributed by atoms with Gasteiger partial charge in [-0.2, -0.15) is 0 Å². The zero-order chi connectivity index (χ0) is 15.7. The average Bonchev–Trinajstić information content (AvgIpc) is 2.44. The zero-order valence-corrected chi connectivity index (χ0v) is 14.7. The van der Waals surface area contributed by atoms with Crippen molar-refractivity contribution in [1.29, 1.82) is 0 Å². The summed E-state index contributed by atoms with van der Waals surface area (Å²) in [4.78, 5) is 13.0. The van der Waals surface area contributed by atoms with Crippen molar-refractivity contribution in [2.24, 2.45) is 0 Å². The summed E-state index contributed by atoms with van der Waals surface area (Å²) in [5, 5.41) is 0.587. The first-order chi connectivity index (χ1) is 9.88. The molecule has 0 spiro atoms. The van der Waals surface area contributed by atoms with Gasteiger partial charge in [0.25, 0.3) is 0 Å². The van der Waals surface area contributed by atoms with Crippen LogP contribution in [0, 0.1) is 20.8 Å². The van der Waals surface area contributed by atoms with Crippen molar-refractivity contribution in [3.63, 3.8) is 0 Å². The van der Waals surface area contributed by atoms with Gasteiger partial charge in [-0.1, -0.05) is 39.7 Å². The van der Waals surface area contributed by atoms with E-state index in [1.165, 1.54) is 0 Å². The zero-order valence-electron chi connectivity index (χ0n) is 12.4. The van der Waals surface area contributed by atoms with Gasteiger partial charge < -0.3 is 4.74 Å². The third-order valence-electron chi connectivity index (χ3n) is 3.61. The van der Waals surface area contributed by atoms with Crippen LogP contribution in [0.2, 0.25) is 5.02 Å². The molecule has 2 aromatic carbocycles. The lowest BCUT2D eigenvalue weighted by Crippen LogP contribution is -2.10. The van der Waals surface area contributed by atoms with Crippen LogP contribution in [0.5, 0.6) is 5.75 Å². The summed E-state index contributed by atoms with van der Waals surface area (Å²) in [6.45, 7) is 5.67. The fraction of sp³-hybridized carbons (Fsp3) is 0.235. The van der Waals surface area contributed by atoms with Gasteiger partial charge in [-0.3, -0.25) is 4.79 Å². The molecule has 0 aliphatic carbocycles. The molecule has 0 unspecified atom stereocenters. The molecule has 110 valence electrons. The summed E-state index contributed by atoms with van der Waals surface area (Å²) in [6, 6.07) is 7.31. The summed E-state index contributed by atoms with van der Waals surface area (Å²) in [5.41, 5.74) is 3.74. The highest BCUT2D eigenvalue weighted by molar-refractivity contribution is 9.10. The Hall–Kier alpha value is -1.32. The van der Waals surface area contributed by atoms with Crippen molar-refractivity contribution in [1.82, 2.24) is 0 Å². The lowest BCUT2D eigenvalue weighted by molar-refractivity contribution is 0.103. The van der Waals surface area contributed by atoms with Crippen LogP contribution >= 0.6 is 27.5 Å². The first-order valence-electron chi connectivity index (χ1n) is 6.52. The molecule has 21 heavy (non-hydrogen) atoms. The number of ketones is 1. The number of benzene rings is 2. The molecule has 0 aromatic heterocycles. The molecule has 2 nitrogen and oxygen atoms in total. The van der Waals surface area contributed by atoms with Gasteiger partial charge in [-0.25, -0.2) is 0 Å². The van der Waals surface area contributed by atoms with Crippen molar-refractivity contribution < 1.29 is 9.53 Å². The quantitative estimate of drug-likeness (QED) is 0.691. The number of rotatable bonds is 3. The number of hydrogen-bond acceptors (Lipinski definition) is 2. The number of methoxy groups -OCH3 is 1. The second-order valence-electron chi connectivity index (χ2n) is 4.95. The second-order valence-corrected chi connectivity index (χ2v) is 6.21. The Balaban J connectivity index is 2.72. The second kappa shape index (κ2) is 6.20. The first-order valence-corrected chi connectivity index (χ1v) is 7.69. The highest BCUT2D eigenvalue weighted by Gasteiger charge is 2.22. The molecule has 0 bridgehead atoms. The first kappa shape index (κ1) is 16.1. The highest BCUT2D eigenvalue weighted by Crippen LogP contribution is 2.34. The fourth-order valence-electron chi connectivity index (χ4n) is 2.38. The van der Waals surface area contributed by atoms with E-state index in [1.54, 1.807) is 25.3 Å². The summed E-state index contributed by atoms with van der Waals surface area (Å²) in [5.74, 6) is 0.536. The van der Waals surface area contributed by atoms with Crippen LogP contribution in [0.1, 0.15) is 32.6 Å². The number of ether oxygens (including phenoxy) is 1. The van der Waals surface area contributed by atoms with E-state index in [4.69, 9.17) is 16.3 Å². The van der Waals surface area contributed by atoms with Gasteiger partial charge in [0.1, 0.15) is 5.75 Å². The number of halogens is 2. The average molecular weight is 368 g/mol. The smallest absolute Gasteiger partial charge is 0.197 e. The lowest BCUT2D eigenvalue weighted by Gasteiger charge is -2.16. The standard InChI is InChI=1S/C17H16BrClO2/c1-9-8-13(18)11(3)15(17(9)21-4)16(20)12-6-5-7-14(19)10(12)2/h5-8H,1-4H3. The Morgan fingerprint density at radius 3 is 2.48 bits per heavy atom.